The normalized spacial score (nSPS) is 14.8. The number of nitro groups is 1. The second-order valence-corrected chi connectivity index (χ2v) is 3.15. The molecule has 0 fully saturated rings. The zero-order chi connectivity index (χ0) is 10.7. The fourth-order valence-electron chi connectivity index (χ4n) is 1.37. The molecule has 1 aliphatic heterocycles. The van der Waals surface area contributed by atoms with E-state index in [-0.39, 0.29) is 5.82 Å². The highest BCUT2D eigenvalue weighted by atomic mass is 16.6. The zero-order valence-corrected chi connectivity index (χ0v) is 7.96. The molecule has 5 heteroatoms. The van der Waals surface area contributed by atoms with Gasteiger partial charge in [0.15, 0.2) is 0 Å². The molecular formula is C10H9N3O2. The van der Waals surface area contributed by atoms with Gasteiger partial charge in [-0.05, 0) is 28.0 Å². The average molecular weight is 203 g/mol. The van der Waals surface area contributed by atoms with Crippen LogP contribution < -0.4 is 0 Å². The van der Waals surface area contributed by atoms with E-state index in [2.05, 4.69) is 16.1 Å². The Bertz CT molecular complexity index is 434. The lowest BCUT2D eigenvalue weighted by Gasteiger charge is -2.04. The second-order valence-electron chi connectivity index (χ2n) is 3.15. The largest absolute Gasteiger partial charge is 0.363 e. The van der Waals surface area contributed by atoms with E-state index < -0.39 is 4.92 Å². The molecule has 0 radical (unpaired) electrons. The summed E-state index contributed by atoms with van der Waals surface area (Å²) in [5, 5.41) is 10.4. The zero-order valence-electron chi connectivity index (χ0n) is 7.96. The third kappa shape index (κ3) is 2.07. The minimum Gasteiger partial charge on any atom is -0.358 e. The summed E-state index contributed by atoms with van der Waals surface area (Å²) in [6.07, 6.45) is 6.23. The Labute approximate surface area is 86.3 Å². The van der Waals surface area contributed by atoms with Gasteiger partial charge in [0.05, 0.1) is 0 Å². The van der Waals surface area contributed by atoms with Gasteiger partial charge in [-0.2, -0.15) is 0 Å². The number of hydrogen-bond acceptors (Lipinski definition) is 4. The number of hydrogen-bond donors (Lipinski definition) is 0. The SMILES string of the molecule is O=[N+]([O-])c1ccc(C2=CCCN=C2)cn1. The number of rotatable bonds is 2. The molecular weight excluding hydrogens is 194 g/mol. The molecule has 0 bridgehead atoms. The molecule has 2 heterocycles. The summed E-state index contributed by atoms with van der Waals surface area (Å²) in [4.78, 5) is 17.8. The van der Waals surface area contributed by atoms with Crippen LogP contribution in [-0.2, 0) is 0 Å². The molecule has 0 atom stereocenters. The van der Waals surface area contributed by atoms with Crippen molar-refractivity contribution in [3.63, 3.8) is 0 Å². The van der Waals surface area contributed by atoms with Crippen LogP contribution in [0.15, 0.2) is 29.4 Å². The van der Waals surface area contributed by atoms with Crippen LogP contribution in [0.1, 0.15) is 12.0 Å². The van der Waals surface area contributed by atoms with Crippen molar-refractivity contribution in [3.8, 4) is 0 Å². The number of allylic oxidation sites excluding steroid dienone is 1. The monoisotopic (exact) mass is 203 g/mol. The van der Waals surface area contributed by atoms with E-state index in [0.717, 1.165) is 24.1 Å². The molecule has 1 aromatic rings. The third-order valence-corrected chi connectivity index (χ3v) is 2.12. The molecule has 0 saturated heterocycles. The van der Waals surface area contributed by atoms with Crippen LogP contribution in [0.4, 0.5) is 5.82 Å². The van der Waals surface area contributed by atoms with Gasteiger partial charge in [0.1, 0.15) is 6.20 Å². The van der Waals surface area contributed by atoms with Gasteiger partial charge < -0.3 is 10.1 Å². The van der Waals surface area contributed by atoms with Crippen molar-refractivity contribution in [2.24, 2.45) is 4.99 Å². The highest BCUT2D eigenvalue weighted by molar-refractivity contribution is 6.10. The second kappa shape index (κ2) is 4.00. The highest BCUT2D eigenvalue weighted by Crippen LogP contribution is 2.17. The molecule has 0 aliphatic carbocycles. The van der Waals surface area contributed by atoms with E-state index in [4.69, 9.17) is 0 Å². The molecule has 0 saturated carbocycles. The Morgan fingerprint density at radius 2 is 2.27 bits per heavy atom. The van der Waals surface area contributed by atoms with Gasteiger partial charge in [-0.1, -0.05) is 6.08 Å². The van der Waals surface area contributed by atoms with Crippen LogP contribution in [0.25, 0.3) is 5.57 Å². The van der Waals surface area contributed by atoms with E-state index in [1.165, 1.54) is 12.3 Å². The minimum atomic E-state index is -0.507. The average Bonchev–Trinajstić information content (AvgIpc) is 2.30. The first kappa shape index (κ1) is 9.51. The summed E-state index contributed by atoms with van der Waals surface area (Å²) in [5.41, 5.74) is 1.84. The lowest BCUT2D eigenvalue weighted by Crippen LogP contribution is -1.96. The molecule has 0 spiro atoms. The maximum Gasteiger partial charge on any atom is 0.363 e. The summed E-state index contributed by atoms with van der Waals surface area (Å²) < 4.78 is 0. The van der Waals surface area contributed by atoms with Crippen molar-refractivity contribution in [3.05, 3.63) is 40.1 Å². The Morgan fingerprint density at radius 3 is 2.80 bits per heavy atom. The van der Waals surface area contributed by atoms with Crippen molar-refractivity contribution < 1.29 is 4.92 Å². The number of aliphatic imine (C=N–C) groups is 1. The van der Waals surface area contributed by atoms with Crippen LogP contribution in [0, 0.1) is 10.1 Å². The van der Waals surface area contributed by atoms with Crippen molar-refractivity contribution in [1.29, 1.82) is 0 Å². The van der Waals surface area contributed by atoms with E-state index in [1.54, 1.807) is 12.3 Å². The Kier molecular flexibility index (Phi) is 2.53. The van der Waals surface area contributed by atoms with E-state index in [0.29, 0.717) is 0 Å². The van der Waals surface area contributed by atoms with Crippen LogP contribution in [-0.4, -0.2) is 22.7 Å². The highest BCUT2D eigenvalue weighted by Gasteiger charge is 2.08. The van der Waals surface area contributed by atoms with Crippen molar-refractivity contribution in [1.82, 2.24) is 4.98 Å². The summed E-state index contributed by atoms with van der Waals surface area (Å²) in [5.74, 6) is -0.132. The predicted octanol–water partition coefficient (Wildman–Crippen LogP) is 1.85. The van der Waals surface area contributed by atoms with Crippen molar-refractivity contribution in [2.45, 2.75) is 6.42 Å². The number of pyridine rings is 1. The minimum absolute atomic E-state index is 0.132. The number of dihydropyridines is 1. The first-order valence-electron chi connectivity index (χ1n) is 4.58. The van der Waals surface area contributed by atoms with Crippen LogP contribution >= 0.6 is 0 Å². The number of aromatic nitrogens is 1. The quantitative estimate of drug-likeness (QED) is 0.544. The molecule has 5 nitrogen and oxygen atoms in total. The van der Waals surface area contributed by atoms with Gasteiger partial charge >= 0.3 is 5.82 Å². The first-order chi connectivity index (χ1) is 7.27. The first-order valence-corrected chi connectivity index (χ1v) is 4.58. The summed E-state index contributed by atoms with van der Waals surface area (Å²) in [6, 6.07) is 3.09. The van der Waals surface area contributed by atoms with Gasteiger partial charge in [-0.15, -0.1) is 0 Å². The molecule has 2 rings (SSSR count). The molecule has 0 N–H and O–H groups in total. The van der Waals surface area contributed by atoms with Gasteiger partial charge in [-0.3, -0.25) is 4.99 Å². The standard InChI is InChI=1S/C10H9N3O2/c14-13(15)10-4-3-9(7-12-10)8-2-1-5-11-6-8/h2-4,6-7H,1,5H2. The lowest BCUT2D eigenvalue weighted by molar-refractivity contribution is -0.389. The molecule has 1 aliphatic rings. The molecule has 1 aromatic heterocycles. The Balaban J connectivity index is 2.27. The maximum atomic E-state index is 10.4. The van der Waals surface area contributed by atoms with Gasteiger partial charge in [0.2, 0.25) is 0 Å². The van der Waals surface area contributed by atoms with Crippen LogP contribution in [0.5, 0.6) is 0 Å². The van der Waals surface area contributed by atoms with Gasteiger partial charge in [-0.25, -0.2) is 0 Å². The molecule has 15 heavy (non-hydrogen) atoms. The fourth-order valence-corrected chi connectivity index (χ4v) is 1.37. The molecule has 0 aromatic carbocycles. The lowest BCUT2D eigenvalue weighted by atomic mass is 10.1. The fraction of sp³-hybridized carbons (Fsp3) is 0.200. The smallest absolute Gasteiger partial charge is 0.358 e. The summed E-state index contributed by atoms with van der Waals surface area (Å²) in [6.45, 7) is 0.809. The number of nitrogens with zero attached hydrogens (tertiary/aromatic N) is 3. The summed E-state index contributed by atoms with van der Waals surface area (Å²) >= 11 is 0. The summed E-state index contributed by atoms with van der Waals surface area (Å²) in [7, 11) is 0. The Morgan fingerprint density at radius 1 is 1.40 bits per heavy atom. The maximum absolute atomic E-state index is 10.4. The predicted molar refractivity (Wildman–Crippen MR) is 56.8 cm³/mol. The van der Waals surface area contributed by atoms with E-state index >= 15 is 0 Å². The van der Waals surface area contributed by atoms with Gasteiger partial charge in [0.25, 0.3) is 0 Å². The molecule has 0 amide bonds. The third-order valence-electron chi connectivity index (χ3n) is 2.12. The topological polar surface area (TPSA) is 68.4 Å². The van der Waals surface area contributed by atoms with Crippen molar-refractivity contribution in [2.75, 3.05) is 6.54 Å². The van der Waals surface area contributed by atoms with Crippen molar-refractivity contribution >= 4 is 17.6 Å². The molecule has 76 valence electrons. The van der Waals surface area contributed by atoms with E-state index in [1.807, 2.05) is 0 Å². The van der Waals surface area contributed by atoms with Crippen LogP contribution in [0.2, 0.25) is 0 Å². The molecule has 0 unspecified atom stereocenters. The van der Waals surface area contributed by atoms with E-state index in [9.17, 15) is 10.1 Å². The van der Waals surface area contributed by atoms with Gasteiger partial charge in [0, 0.05) is 24.4 Å². The Hall–Kier alpha value is -2.04. The van der Waals surface area contributed by atoms with Crippen LogP contribution in [0.3, 0.4) is 0 Å².